The smallest absolute Gasteiger partial charge is 0.229 e. The number of aliphatic hydroxyl groups excluding tert-OH is 3. The predicted molar refractivity (Wildman–Crippen MR) is 98.5 cm³/mol. The summed E-state index contributed by atoms with van der Waals surface area (Å²) in [5.74, 6) is 0.394. The van der Waals surface area contributed by atoms with Gasteiger partial charge in [0.15, 0.2) is 0 Å². The molecule has 152 valence electrons. The number of ether oxygens (including phenoxy) is 2. The minimum Gasteiger partial charge on any atom is -0.462 e. The molecule has 0 saturated carbocycles. The summed E-state index contributed by atoms with van der Waals surface area (Å²) in [4.78, 5) is 0. The van der Waals surface area contributed by atoms with Crippen molar-refractivity contribution in [1.29, 1.82) is 0 Å². The molecule has 0 radical (unpaired) electrons. The van der Waals surface area contributed by atoms with Gasteiger partial charge in [0.1, 0.15) is 24.1 Å². The molecule has 3 unspecified atom stereocenters. The molecule has 7 N–H and O–H groups in total. The maximum Gasteiger partial charge on any atom is 0.229 e. The van der Waals surface area contributed by atoms with Crippen molar-refractivity contribution < 1.29 is 35.2 Å². The van der Waals surface area contributed by atoms with Gasteiger partial charge in [-0.3, -0.25) is 10.4 Å². The summed E-state index contributed by atoms with van der Waals surface area (Å²) >= 11 is 0. The van der Waals surface area contributed by atoms with Crippen LogP contribution in [0.4, 0.5) is 5.69 Å². The monoisotopic (exact) mass is 392 g/mol. The summed E-state index contributed by atoms with van der Waals surface area (Å²) in [6.07, 6.45) is -6.53. The summed E-state index contributed by atoms with van der Waals surface area (Å²) in [7, 11) is 0. The van der Waals surface area contributed by atoms with Crippen molar-refractivity contribution in [3.8, 4) is 16.9 Å². The SMILES string of the molecule is Nc1cccc(-c2ccc(O[C@H]3OC(CCN(O)O)[C@@H](O)C(O)C3O)cc2)c1. The Labute approximate surface area is 161 Å². The van der Waals surface area contributed by atoms with Crippen LogP contribution < -0.4 is 10.5 Å². The summed E-state index contributed by atoms with van der Waals surface area (Å²) < 4.78 is 11.2. The summed E-state index contributed by atoms with van der Waals surface area (Å²) in [6.45, 7) is -0.216. The largest absolute Gasteiger partial charge is 0.462 e. The zero-order chi connectivity index (χ0) is 20.3. The molecule has 0 bridgehead atoms. The first-order valence-electron chi connectivity index (χ1n) is 8.83. The number of aliphatic hydroxyl groups is 3. The minimum absolute atomic E-state index is 0.00612. The summed E-state index contributed by atoms with van der Waals surface area (Å²) in [6, 6.07) is 14.4. The van der Waals surface area contributed by atoms with Gasteiger partial charge in [-0.25, -0.2) is 0 Å². The fourth-order valence-electron chi connectivity index (χ4n) is 3.07. The zero-order valence-corrected chi connectivity index (χ0v) is 15.0. The molecule has 1 saturated heterocycles. The third kappa shape index (κ3) is 4.78. The van der Waals surface area contributed by atoms with E-state index in [1.807, 2.05) is 30.3 Å². The second-order valence-corrected chi connectivity index (χ2v) is 6.67. The van der Waals surface area contributed by atoms with Crippen molar-refractivity contribution in [1.82, 2.24) is 5.23 Å². The molecule has 9 heteroatoms. The van der Waals surface area contributed by atoms with Crippen molar-refractivity contribution >= 4 is 5.69 Å². The van der Waals surface area contributed by atoms with E-state index in [1.54, 1.807) is 18.2 Å². The van der Waals surface area contributed by atoms with Gasteiger partial charge in [0.2, 0.25) is 6.29 Å². The van der Waals surface area contributed by atoms with Crippen LogP contribution >= 0.6 is 0 Å². The van der Waals surface area contributed by atoms with Gasteiger partial charge in [-0.2, -0.15) is 0 Å². The van der Waals surface area contributed by atoms with Crippen LogP contribution in [-0.4, -0.2) is 68.2 Å². The van der Waals surface area contributed by atoms with E-state index in [0.717, 1.165) is 11.1 Å². The molecule has 2 aromatic rings. The number of nitrogens with two attached hydrogens (primary N) is 1. The van der Waals surface area contributed by atoms with Gasteiger partial charge >= 0.3 is 0 Å². The van der Waals surface area contributed by atoms with Crippen LogP contribution in [0.3, 0.4) is 0 Å². The van der Waals surface area contributed by atoms with E-state index in [2.05, 4.69) is 0 Å². The first kappa shape index (κ1) is 20.5. The fourth-order valence-corrected chi connectivity index (χ4v) is 3.07. The van der Waals surface area contributed by atoms with Crippen LogP contribution in [0.25, 0.3) is 11.1 Å². The van der Waals surface area contributed by atoms with Gasteiger partial charge in [-0.05, 0) is 41.8 Å². The van der Waals surface area contributed by atoms with Gasteiger partial charge in [-0.1, -0.05) is 29.5 Å². The second kappa shape index (κ2) is 8.84. The Bertz CT molecular complexity index is 771. The lowest BCUT2D eigenvalue weighted by molar-refractivity contribution is -0.317. The Hall–Kier alpha value is -2.24. The molecule has 2 aromatic carbocycles. The molecular formula is C19H24N2O7. The van der Waals surface area contributed by atoms with Gasteiger partial charge < -0.3 is 30.5 Å². The fraction of sp³-hybridized carbons (Fsp3) is 0.368. The molecule has 28 heavy (non-hydrogen) atoms. The van der Waals surface area contributed by atoms with Gasteiger partial charge in [0, 0.05) is 5.69 Å². The highest BCUT2D eigenvalue weighted by Crippen LogP contribution is 2.28. The zero-order valence-electron chi connectivity index (χ0n) is 15.0. The third-order valence-electron chi connectivity index (χ3n) is 4.61. The van der Waals surface area contributed by atoms with Crippen LogP contribution in [0.2, 0.25) is 0 Å². The number of benzene rings is 2. The molecule has 0 aliphatic carbocycles. The minimum atomic E-state index is -1.50. The second-order valence-electron chi connectivity index (χ2n) is 6.67. The average Bonchev–Trinajstić information content (AvgIpc) is 2.68. The highest BCUT2D eigenvalue weighted by Gasteiger charge is 2.44. The van der Waals surface area contributed by atoms with E-state index >= 15 is 0 Å². The Kier molecular flexibility index (Phi) is 6.47. The van der Waals surface area contributed by atoms with E-state index in [9.17, 15) is 15.3 Å². The van der Waals surface area contributed by atoms with Crippen LogP contribution in [0.1, 0.15) is 6.42 Å². The Morgan fingerprint density at radius 1 is 0.929 bits per heavy atom. The molecule has 0 spiro atoms. The molecule has 0 aromatic heterocycles. The lowest BCUT2D eigenvalue weighted by atomic mass is 9.97. The number of rotatable bonds is 6. The topological polar surface area (TPSA) is 149 Å². The highest BCUT2D eigenvalue weighted by atomic mass is 16.8. The van der Waals surface area contributed by atoms with E-state index in [0.29, 0.717) is 11.4 Å². The van der Waals surface area contributed by atoms with Crippen molar-refractivity contribution in [3.63, 3.8) is 0 Å². The molecule has 1 fully saturated rings. The van der Waals surface area contributed by atoms with Gasteiger partial charge in [0.25, 0.3) is 0 Å². The maximum atomic E-state index is 10.1. The third-order valence-corrected chi connectivity index (χ3v) is 4.61. The van der Waals surface area contributed by atoms with Crippen molar-refractivity contribution in [3.05, 3.63) is 48.5 Å². The lowest BCUT2D eigenvalue weighted by Gasteiger charge is -2.40. The molecule has 0 amide bonds. The first-order chi connectivity index (χ1) is 13.3. The predicted octanol–water partition coefficient (Wildman–Crippen LogP) is 0.593. The van der Waals surface area contributed by atoms with Gasteiger partial charge in [-0.15, -0.1) is 0 Å². The first-order valence-corrected chi connectivity index (χ1v) is 8.83. The number of nitrogen functional groups attached to an aromatic ring is 1. The quantitative estimate of drug-likeness (QED) is 0.307. The number of anilines is 1. The molecule has 1 aliphatic heterocycles. The van der Waals surface area contributed by atoms with Crippen LogP contribution in [0.5, 0.6) is 5.75 Å². The van der Waals surface area contributed by atoms with Crippen molar-refractivity contribution in [2.45, 2.75) is 37.1 Å². The van der Waals surface area contributed by atoms with E-state index in [1.165, 1.54) is 0 Å². The van der Waals surface area contributed by atoms with E-state index in [4.69, 9.17) is 25.6 Å². The number of hydrogen-bond donors (Lipinski definition) is 6. The summed E-state index contributed by atoms with van der Waals surface area (Å²) in [5, 5.41) is 47.8. The highest BCUT2D eigenvalue weighted by molar-refractivity contribution is 5.67. The molecule has 1 aliphatic rings. The summed E-state index contributed by atoms with van der Waals surface area (Å²) in [5.41, 5.74) is 8.31. The molecular weight excluding hydrogens is 368 g/mol. The normalized spacial score (nSPS) is 27.7. The van der Waals surface area contributed by atoms with Crippen LogP contribution in [0, 0.1) is 0 Å². The van der Waals surface area contributed by atoms with E-state index < -0.39 is 30.7 Å². The molecule has 1 heterocycles. The Morgan fingerprint density at radius 2 is 1.64 bits per heavy atom. The van der Waals surface area contributed by atoms with Crippen molar-refractivity contribution in [2.75, 3.05) is 12.3 Å². The number of nitrogens with zero attached hydrogens (tertiary/aromatic N) is 1. The Balaban J connectivity index is 1.69. The van der Waals surface area contributed by atoms with Crippen molar-refractivity contribution in [2.24, 2.45) is 0 Å². The van der Waals surface area contributed by atoms with Crippen LogP contribution in [-0.2, 0) is 4.74 Å². The molecule has 9 nitrogen and oxygen atoms in total. The lowest BCUT2D eigenvalue weighted by Crippen LogP contribution is -2.59. The molecule has 5 atom stereocenters. The maximum absolute atomic E-state index is 10.1. The molecule has 3 rings (SSSR count). The Morgan fingerprint density at radius 3 is 2.29 bits per heavy atom. The average molecular weight is 392 g/mol. The standard InChI is InChI=1S/C19H24N2O7/c20-13-3-1-2-12(10-13)11-4-6-14(7-5-11)27-19-18(24)17(23)16(22)15(28-19)8-9-21(25)26/h1-7,10,15-19,22-26H,8-9,20H2/t15?,16-,17?,18?,19+/m1/s1. The van der Waals surface area contributed by atoms with Gasteiger partial charge in [0.05, 0.1) is 12.6 Å². The van der Waals surface area contributed by atoms with E-state index in [-0.39, 0.29) is 18.2 Å². The number of hydrogen-bond acceptors (Lipinski definition) is 9. The van der Waals surface area contributed by atoms with Crippen LogP contribution in [0.15, 0.2) is 48.5 Å². The number of hydroxylamine groups is 2.